The summed E-state index contributed by atoms with van der Waals surface area (Å²) in [7, 11) is 0. The number of ether oxygens (including phenoxy) is 2. The fourth-order valence-corrected chi connectivity index (χ4v) is 3.03. The molecule has 0 radical (unpaired) electrons. The molecule has 2 heterocycles. The Kier molecular flexibility index (Phi) is 3.77. The molecule has 5 heteroatoms. The van der Waals surface area contributed by atoms with Crippen molar-refractivity contribution in [3.8, 4) is 11.5 Å². The Morgan fingerprint density at radius 2 is 1.86 bits per heavy atom. The summed E-state index contributed by atoms with van der Waals surface area (Å²) in [6.07, 6.45) is 1.87. The van der Waals surface area contributed by atoms with Gasteiger partial charge >= 0.3 is 0 Å². The van der Waals surface area contributed by atoms with Crippen LogP contribution in [0.5, 0.6) is 11.5 Å². The molecule has 1 aromatic rings. The summed E-state index contributed by atoms with van der Waals surface area (Å²) in [6.45, 7) is 6.36. The number of benzene rings is 1. The molecule has 1 unspecified atom stereocenters. The van der Waals surface area contributed by atoms with E-state index in [0.717, 1.165) is 25.9 Å². The van der Waals surface area contributed by atoms with Crippen molar-refractivity contribution in [1.29, 1.82) is 0 Å². The number of fused-ring (bicyclic) bond motifs is 1. The molecule has 0 aromatic heterocycles. The zero-order valence-electron chi connectivity index (χ0n) is 13.3. The highest BCUT2D eigenvalue weighted by Gasteiger charge is 2.44. The van der Waals surface area contributed by atoms with Crippen molar-refractivity contribution < 1.29 is 14.3 Å². The lowest BCUT2D eigenvalue weighted by molar-refractivity contribution is -0.153. The Bertz CT molecular complexity index is 567. The maximum atomic E-state index is 12.9. The highest BCUT2D eigenvalue weighted by atomic mass is 16.6. The molecule has 0 spiro atoms. The maximum Gasteiger partial charge on any atom is 0.270 e. The van der Waals surface area contributed by atoms with Crippen molar-refractivity contribution in [1.82, 2.24) is 4.90 Å². The average molecular weight is 304 g/mol. The van der Waals surface area contributed by atoms with Crippen molar-refractivity contribution >= 4 is 5.91 Å². The number of hydrogen-bond donors (Lipinski definition) is 1. The first-order chi connectivity index (χ1) is 10.5. The molecule has 1 fully saturated rings. The normalized spacial score (nSPS) is 26.6. The number of amides is 1. The maximum absolute atomic E-state index is 12.9. The van der Waals surface area contributed by atoms with Crippen LogP contribution in [0.15, 0.2) is 24.3 Å². The third-order valence-electron chi connectivity index (χ3n) is 4.89. The van der Waals surface area contributed by atoms with Crippen LogP contribution in [0.2, 0.25) is 0 Å². The van der Waals surface area contributed by atoms with Gasteiger partial charge in [-0.05, 0) is 43.9 Å². The minimum Gasteiger partial charge on any atom is -0.485 e. The van der Waals surface area contributed by atoms with E-state index in [-0.39, 0.29) is 17.9 Å². The second kappa shape index (κ2) is 5.47. The highest BCUT2D eigenvalue weighted by molar-refractivity contribution is 5.86. The molecule has 0 saturated carbocycles. The van der Waals surface area contributed by atoms with E-state index in [2.05, 4.69) is 6.92 Å². The lowest BCUT2D eigenvalue weighted by Crippen LogP contribution is -2.58. The van der Waals surface area contributed by atoms with Crippen LogP contribution in [0.1, 0.15) is 26.7 Å². The minimum absolute atomic E-state index is 0.000995. The van der Waals surface area contributed by atoms with Gasteiger partial charge in [0, 0.05) is 13.1 Å². The Hall–Kier alpha value is -1.75. The van der Waals surface area contributed by atoms with Gasteiger partial charge in [0.25, 0.3) is 5.91 Å². The van der Waals surface area contributed by atoms with Gasteiger partial charge in [0.05, 0.1) is 0 Å². The van der Waals surface area contributed by atoms with Gasteiger partial charge in [-0.3, -0.25) is 4.79 Å². The van der Waals surface area contributed by atoms with Crippen molar-refractivity contribution in [2.24, 2.45) is 11.1 Å². The zero-order valence-corrected chi connectivity index (χ0v) is 13.3. The highest BCUT2D eigenvalue weighted by Crippen LogP contribution is 2.37. The predicted molar refractivity (Wildman–Crippen MR) is 83.9 cm³/mol. The van der Waals surface area contributed by atoms with Crippen LogP contribution >= 0.6 is 0 Å². The van der Waals surface area contributed by atoms with E-state index in [1.54, 1.807) is 0 Å². The average Bonchev–Trinajstić information content (AvgIpc) is 2.55. The van der Waals surface area contributed by atoms with Crippen molar-refractivity contribution in [3.63, 3.8) is 0 Å². The summed E-state index contributed by atoms with van der Waals surface area (Å²) in [6, 6.07) is 7.46. The van der Waals surface area contributed by atoms with Gasteiger partial charge in [-0.1, -0.05) is 19.1 Å². The fourth-order valence-electron chi connectivity index (χ4n) is 3.03. The summed E-state index contributed by atoms with van der Waals surface area (Å²) in [5, 5.41) is 0. The quantitative estimate of drug-likeness (QED) is 0.905. The van der Waals surface area contributed by atoms with Gasteiger partial charge in [-0.15, -0.1) is 0 Å². The monoisotopic (exact) mass is 304 g/mol. The molecule has 3 rings (SSSR count). The second-order valence-electron chi connectivity index (χ2n) is 6.88. The number of rotatable bonds is 2. The Balaban J connectivity index is 1.71. The van der Waals surface area contributed by atoms with Crippen molar-refractivity contribution in [3.05, 3.63) is 24.3 Å². The molecule has 22 heavy (non-hydrogen) atoms. The molecule has 0 bridgehead atoms. The molecule has 120 valence electrons. The van der Waals surface area contributed by atoms with E-state index >= 15 is 0 Å². The molecule has 1 saturated heterocycles. The first-order valence-corrected chi connectivity index (χ1v) is 7.86. The summed E-state index contributed by atoms with van der Waals surface area (Å²) < 4.78 is 11.7. The van der Waals surface area contributed by atoms with E-state index < -0.39 is 5.60 Å². The number of likely N-dealkylation sites (tertiary alicyclic amines) is 1. The number of nitrogens with two attached hydrogens (primary N) is 1. The number of hydrogen-bond acceptors (Lipinski definition) is 4. The van der Waals surface area contributed by atoms with Gasteiger partial charge < -0.3 is 20.1 Å². The van der Waals surface area contributed by atoms with Crippen LogP contribution in [0.25, 0.3) is 0 Å². The zero-order chi connectivity index (χ0) is 15.8. The molecule has 0 aliphatic carbocycles. The summed E-state index contributed by atoms with van der Waals surface area (Å²) in [4.78, 5) is 14.8. The summed E-state index contributed by atoms with van der Waals surface area (Å²) in [5.41, 5.74) is 5.03. The van der Waals surface area contributed by atoms with Gasteiger partial charge in [0.2, 0.25) is 5.60 Å². The van der Waals surface area contributed by atoms with Crippen LogP contribution in [0.3, 0.4) is 0 Å². The van der Waals surface area contributed by atoms with E-state index in [9.17, 15) is 4.79 Å². The largest absolute Gasteiger partial charge is 0.485 e. The van der Waals surface area contributed by atoms with Crippen LogP contribution in [-0.4, -0.2) is 42.6 Å². The number of carbonyl (C=O) groups is 1. The Labute approximate surface area is 131 Å². The van der Waals surface area contributed by atoms with Gasteiger partial charge in [0.1, 0.15) is 6.61 Å². The molecule has 2 N–H and O–H groups in total. The molecular weight excluding hydrogens is 280 g/mol. The van der Waals surface area contributed by atoms with E-state index in [1.165, 1.54) is 0 Å². The first kappa shape index (κ1) is 15.2. The van der Waals surface area contributed by atoms with E-state index in [4.69, 9.17) is 15.2 Å². The fraction of sp³-hybridized carbons (Fsp3) is 0.588. The summed E-state index contributed by atoms with van der Waals surface area (Å²) in [5.74, 6) is 1.33. The summed E-state index contributed by atoms with van der Waals surface area (Å²) >= 11 is 0. The van der Waals surface area contributed by atoms with Gasteiger partial charge in [-0.2, -0.15) is 0 Å². The SMILES string of the molecule is CC1(CN)CCN(C(=O)C2(C)COc3ccccc3O2)CC1. The second-order valence-corrected chi connectivity index (χ2v) is 6.88. The molecule has 1 atom stereocenters. The van der Waals surface area contributed by atoms with E-state index in [1.807, 2.05) is 36.1 Å². The molecule has 2 aliphatic heterocycles. The standard InChI is InChI=1S/C17H24N2O3/c1-16(11-18)7-9-19(10-8-16)15(20)17(2)12-21-13-5-3-4-6-14(13)22-17/h3-6H,7-12,18H2,1-2H3. The molecule has 5 nitrogen and oxygen atoms in total. The number of piperidine rings is 1. The van der Waals surface area contributed by atoms with E-state index in [0.29, 0.717) is 18.0 Å². The third-order valence-corrected chi connectivity index (χ3v) is 4.89. The smallest absolute Gasteiger partial charge is 0.270 e. The van der Waals surface area contributed by atoms with Crippen LogP contribution in [-0.2, 0) is 4.79 Å². The molecule has 1 aromatic carbocycles. The molecular formula is C17H24N2O3. The molecule has 1 amide bonds. The number of carbonyl (C=O) groups excluding carboxylic acids is 1. The molecule has 2 aliphatic rings. The van der Waals surface area contributed by atoms with Crippen LogP contribution in [0.4, 0.5) is 0 Å². The lowest BCUT2D eigenvalue weighted by atomic mass is 9.80. The van der Waals surface area contributed by atoms with Crippen molar-refractivity contribution in [2.75, 3.05) is 26.2 Å². The van der Waals surface area contributed by atoms with Gasteiger partial charge in [0.15, 0.2) is 11.5 Å². The van der Waals surface area contributed by atoms with Gasteiger partial charge in [-0.25, -0.2) is 0 Å². The number of para-hydroxylation sites is 2. The topological polar surface area (TPSA) is 64.8 Å². The first-order valence-electron chi connectivity index (χ1n) is 7.86. The predicted octanol–water partition coefficient (Wildman–Crippen LogP) is 1.80. The lowest BCUT2D eigenvalue weighted by Gasteiger charge is -2.43. The minimum atomic E-state index is -0.954. The Morgan fingerprint density at radius 1 is 1.23 bits per heavy atom. The Morgan fingerprint density at radius 3 is 2.50 bits per heavy atom. The van der Waals surface area contributed by atoms with Crippen LogP contribution < -0.4 is 15.2 Å². The van der Waals surface area contributed by atoms with Crippen molar-refractivity contribution in [2.45, 2.75) is 32.3 Å². The van der Waals surface area contributed by atoms with Crippen LogP contribution in [0, 0.1) is 5.41 Å². The number of nitrogens with zero attached hydrogens (tertiary/aromatic N) is 1. The third kappa shape index (κ3) is 2.65.